The second-order valence-electron chi connectivity index (χ2n) is 5.49. The predicted octanol–water partition coefficient (Wildman–Crippen LogP) is 2.38. The number of aromatic nitrogens is 2. The van der Waals surface area contributed by atoms with Crippen LogP contribution in [0.5, 0.6) is 0 Å². The van der Waals surface area contributed by atoms with E-state index in [0.717, 1.165) is 24.2 Å². The minimum absolute atomic E-state index is 0.0119. The lowest BCUT2D eigenvalue weighted by molar-refractivity contribution is -0.121. The van der Waals surface area contributed by atoms with Crippen LogP contribution in [-0.4, -0.2) is 29.0 Å². The highest BCUT2D eigenvalue weighted by Gasteiger charge is 2.23. The monoisotopic (exact) mass is 276 g/mol. The Balaban J connectivity index is 2.13. The van der Waals surface area contributed by atoms with Gasteiger partial charge in [-0.2, -0.15) is 0 Å². The van der Waals surface area contributed by atoms with Crippen molar-refractivity contribution in [1.82, 2.24) is 15.3 Å². The van der Waals surface area contributed by atoms with E-state index in [-0.39, 0.29) is 11.9 Å². The summed E-state index contributed by atoms with van der Waals surface area (Å²) in [6.45, 7) is 4.04. The van der Waals surface area contributed by atoms with Crippen molar-refractivity contribution in [3.63, 3.8) is 0 Å². The number of nitrogens with zero attached hydrogens (tertiary/aromatic N) is 2. The highest BCUT2D eigenvalue weighted by Crippen LogP contribution is 2.35. The van der Waals surface area contributed by atoms with Crippen molar-refractivity contribution in [2.24, 2.45) is 0 Å². The zero-order valence-electron chi connectivity index (χ0n) is 12.6. The first-order chi connectivity index (χ1) is 9.63. The second-order valence-corrected chi connectivity index (χ2v) is 5.49. The van der Waals surface area contributed by atoms with Crippen molar-refractivity contribution in [2.75, 3.05) is 12.4 Å². The maximum Gasteiger partial charge on any atom is 0.242 e. The molecule has 0 unspecified atom stereocenters. The van der Waals surface area contributed by atoms with Gasteiger partial charge in [-0.1, -0.05) is 19.8 Å². The molecule has 1 aliphatic rings. The van der Waals surface area contributed by atoms with Gasteiger partial charge in [0.25, 0.3) is 0 Å². The van der Waals surface area contributed by atoms with Gasteiger partial charge in [0.15, 0.2) is 0 Å². The SMILES string of the molecule is CCC[C@@H](Nc1nc(C)cc(C2CCC2)n1)C(=O)NC. The highest BCUT2D eigenvalue weighted by molar-refractivity contribution is 5.83. The largest absolute Gasteiger partial charge is 0.357 e. The summed E-state index contributed by atoms with van der Waals surface area (Å²) in [5.41, 5.74) is 2.06. The Hall–Kier alpha value is -1.65. The number of hydrogen-bond donors (Lipinski definition) is 2. The van der Waals surface area contributed by atoms with Crippen LogP contribution in [0.15, 0.2) is 6.07 Å². The van der Waals surface area contributed by atoms with Crippen LogP contribution in [0.3, 0.4) is 0 Å². The third kappa shape index (κ3) is 3.46. The van der Waals surface area contributed by atoms with E-state index in [1.807, 2.05) is 6.92 Å². The zero-order chi connectivity index (χ0) is 14.5. The van der Waals surface area contributed by atoms with E-state index in [2.05, 4.69) is 33.6 Å². The van der Waals surface area contributed by atoms with Crippen molar-refractivity contribution >= 4 is 11.9 Å². The quantitative estimate of drug-likeness (QED) is 0.837. The Morgan fingerprint density at radius 3 is 2.75 bits per heavy atom. The lowest BCUT2D eigenvalue weighted by Crippen LogP contribution is -2.38. The summed E-state index contributed by atoms with van der Waals surface area (Å²) in [6, 6.07) is 1.80. The van der Waals surface area contributed by atoms with Gasteiger partial charge in [-0.3, -0.25) is 4.79 Å². The van der Waals surface area contributed by atoms with E-state index in [1.54, 1.807) is 7.05 Å². The number of amides is 1. The lowest BCUT2D eigenvalue weighted by atomic mass is 9.83. The van der Waals surface area contributed by atoms with Crippen molar-refractivity contribution in [3.05, 3.63) is 17.5 Å². The molecule has 2 N–H and O–H groups in total. The topological polar surface area (TPSA) is 66.9 Å². The summed E-state index contributed by atoms with van der Waals surface area (Å²) >= 11 is 0. The number of likely N-dealkylation sites (N-methyl/N-ethyl adjacent to an activating group) is 1. The number of nitrogens with one attached hydrogen (secondary N) is 2. The molecule has 110 valence electrons. The Labute approximate surface area is 120 Å². The molecule has 0 aromatic carbocycles. The number of aryl methyl sites for hydroxylation is 1. The van der Waals surface area contributed by atoms with E-state index < -0.39 is 0 Å². The molecule has 1 heterocycles. The third-order valence-corrected chi connectivity index (χ3v) is 3.84. The maximum absolute atomic E-state index is 11.8. The van der Waals surface area contributed by atoms with E-state index in [9.17, 15) is 4.79 Å². The van der Waals surface area contributed by atoms with Gasteiger partial charge in [-0.25, -0.2) is 9.97 Å². The number of anilines is 1. The van der Waals surface area contributed by atoms with Gasteiger partial charge in [0.05, 0.1) is 0 Å². The first kappa shape index (κ1) is 14.8. The zero-order valence-corrected chi connectivity index (χ0v) is 12.6. The molecule has 1 amide bonds. The predicted molar refractivity (Wildman–Crippen MR) is 79.7 cm³/mol. The maximum atomic E-state index is 11.8. The van der Waals surface area contributed by atoms with E-state index in [1.165, 1.54) is 19.3 Å². The number of carbonyl (C=O) groups excluding carboxylic acids is 1. The van der Waals surface area contributed by atoms with Gasteiger partial charge in [0, 0.05) is 24.4 Å². The fourth-order valence-corrected chi connectivity index (χ4v) is 2.46. The van der Waals surface area contributed by atoms with Gasteiger partial charge < -0.3 is 10.6 Å². The lowest BCUT2D eigenvalue weighted by Gasteiger charge is -2.25. The molecule has 0 aliphatic heterocycles. The Morgan fingerprint density at radius 2 is 2.20 bits per heavy atom. The molecular weight excluding hydrogens is 252 g/mol. The average Bonchev–Trinajstić information content (AvgIpc) is 2.34. The van der Waals surface area contributed by atoms with E-state index in [0.29, 0.717) is 11.9 Å². The van der Waals surface area contributed by atoms with Crippen LogP contribution in [0.1, 0.15) is 56.3 Å². The Kier molecular flexibility index (Phi) is 4.93. The molecular formula is C15H24N4O. The molecule has 0 spiro atoms. The molecule has 1 aliphatic carbocycles. The van der Waals surface area contributed by atoms with Gasteiger partial charge >= 0.3 is 0 Å². The summed E-state index contributed by atoms with van der Waals surface area (Å²) in [5, 5.41) is 5.87. The number of carbonyl (C=O) groups is 1. The van der Waals surface area contributed by atoms with Crippen LogP contribution in [-0.2, 0) is 4.79 Å². The number of rotatable bonds is 6. The number of hydrogen-bond acceptors (Lipinski definition) is 4. The average molecular weight is 276 g/mol. The van der Waals surface area contributed by atoms with Crippen LogP contribution < -0.4 is 10.6 Å². The molecule has 1 fully saturated rings. The van der Waals surface area contributed by atoms with Gasteiger partial charge in [-0.05, 0) is 32.3 Å². The smallest absolute Gasteiger partial charge is 0.242 e. The van der Waals surface area contributed by atoms with Crippen molar-refractivity contribution in [3.8, 4) is 0 Å². The summed E-state index contributed by atoms with van der Waals surface area (Å²) < 4.78 is 0. The Morgan fingerprint density at radius 1 is 1.45 bits per heavy atom. The molecule has 1 aromatic heterocycles. The summed E-state index contributed by atoms with van der Waals surface area (Å²) in [4.78, 5) is 20.9. The molecule has 1 saturated carbocycles. The molecule has 2 rings (SSSR count). The van der Waals surface area contributed by atoms with Crippen LogP contribution in [0.4, 0.5) is 5.95 Å². The first-order valence-electron chi connectivity index (χ1n) is 7.47. The summed E-state index contributed by atoms with van der Waals surface area (Å²) in [6.07, 6.45) is 5.42. The molecule has 0 bridgehead atoms. The molecule has 1 aromatic rings. The van der Waals surface area contributed by atoms with Gasteiger partial charge in [0.1, 0.15) is 6.04 Å². The Bertz CT molecular complexity index is 471. The fraction of sp³-hybridized carbons (Fsp3) is 0.667. The molecule has 0 saturated heterocycles. The van der Waals surface area contributed by atoms with Crippen molar-refractivity contribution < 1.29 is 4.79 Å². The normalized spacial score (nSPS) is 16.4. The van der Waals surface area contributed by atoms with Crippen LogP contribution in [0.2, 0.25) is 0 Å². The molecule has 5 nitrogen and oxygen atoms in total. The summed E-state index contributed by atoms with van der Waals surface area (Å²) in [7, 11) is 1.66. The first-order valence-corrected chi connectivity index (χ1v) is 7.47. The molecule has 5 heteroatoms. The highest BCUT2D eigenvalue weighted by atomic mass is 16.2. The van der Waals surface area contributed by atoms with Gasteiger partial charge in [-0.15, -0.1) is 0 Å². The van der Waals surface area contributed by atoms with Crippen molar-refractivity contribution in [2.45, 2.75) is 57.9 Å². The molecule has 20 heavy (non-hydrogen) atoms. The van der Waals surface area contributed by atoms with Crippen molar-refractivity contribution in [1.29, 1.82) is 0 Å². The van der Waals surface area contributed by atoms with E-state index >= 15 is 0 Å². The molecule has 0 radical (unpaired) electrons. The summed E-state index contributed by atoms with van der Waals surface area (Å²) in [5.74, 6) is 1.14. The van der Waals surface area contributed by atoms with Crippen LogP contribution in [0.25, 0.3) is 0 Å². The standard InChI is InChI=1S/C15H24N4O/c1-4-6-12(14(20)16-3)18-15-17-10(2)9-13(19-15)11-7-5-8-11/h9,11-12H,4-8H2,1-3H3,(H,16,20)(H,17,18,19)/t12-/m1/s1. The van der Waals surface area contributed by atoms with Crippen LogP contribution >= 0.6 is 0 Å². The van der Waals surface area contributed by atoms with Gasteiger partial charge in [0.2, 0.25) is 11.9 Å². The molecule has 1 atom stereocenters. The minimum Gasteiger partial charge on any atom is -0.357 e. The van der Waals surface area contributed by atoms with E-state index in [4.69, 9.17) is 0 Å². The third-order valence-electron chi connectivity index (χ3n) is 3.84. The minimum atomic E-state index is -0.263. The van der Waals surface area contributed by atoms with Crippen LogP contribution in [0, 0.1) is 6.92 Å². The second kappa shape index (κ2) is 6.68. The fourth-order valence-electron chi connectivity index (χ4n) is 2.46.